The topological polar surface area (TPSA) is 75.5 Å². The van der Waals surface area contributed by atoms with Gasteiger partial charge in [-0.1, -0.05) is 11.6 Å². The minimum Gasteiger partial charge on any atom is -0.467 e. The fraction of sp³-hybridized carbons (Fsp3) is 0.250. The summed E-state index contributed by atoms with van der Waals surface area (Å²) in [5, 5.41) is 4.54. The zero-order valence-corrected chi connectivity index (χ0v) is 16.3. The predicted molar refractivity (Wildman–Crippen MR) is 105 cm³/mol. The van der Waals surface area contributed by atoms with E-state index in [1.807, 2.05) is 36.5 Å². The molecule has 0 atom stereocenters. The summed E-state index contributed by atoms with van der Waals surface area (Å²) in [5.74, 6) is 0.204. The SMILES string of the molecule is CCOC(=O)Cc1nc(Cl)ccc1-c1ccc(-n2cccn2)cc1OCOC. The van der Waals surface area contributed by atoms with E-state index in [2.05, 4.69) is 10.1 Å². The Bertz CT molecular complexity index is 945. The molecule has 0 unspecified atom stereocenters. The molecule has 0 N–H and O–H groups in total. The number of hydrogen-bond donors (Lipinski definition) is 0. The molecule has 0 aliphatic carbocycles. The van der Waals surface area contributed by atoms with Gasteiger partial charge in [-0.2, -0.15) is 5.10 Å². The minimum absolute atomic E-state index is 0.00829. The summed E-state index contributed by atoms with van der Waals surface area (Å²) < 4.78 is 17.6. The van der Waals surface area contributed by atoms with Gasteiger partial charge in [0.15, 0.2) is 6.79 Å². The molecule has 0 aliphatic heterocycles. The number of methoxy groups -OCH3 is 1. The molecule has 0 bridgehead atoms. The second-order valence-corrected chi connectivity index (χ2v) is 6.18. The van der Waals surface area contributed by atoms with Crippen molar-refractivity contribution in [3.8, 4) is 22.6 Å². The molecule has 0 spiro atoms. The highest BCUT2D eigenvalue weighted by molar-refractivity contribution is 6.29. The second kappa shape index (κ2) is 9.34. The van der Waals surface area contributed by atoms with E-state index in [1.165, 1.54) is 0 Å². The lowest BCUT2D eigenvalue weighted by Gasteiger charge is -2.15. The maximum Gasteiger partial charge on any atom is 0.311 e. The molecule has 0 radical (unpaired) electrons. The summed E-state index contributed by atoms with van der Waals surface area (Å²) >= 11 is 6.05. The lowest BCUT2D eigenvalue weighted by Crippen LogP contribution is -2.10. The van der Waals surface area contributed by atoms with Crippen molar-refractivity contribution >= 4 is 17.6 Å². The standard InChI is InChI=1S/C20H20ClN3O4/c1-3-27-20(25)12-17-15(7-8-19(21)23-17)16-6-5-14(24-10-4-9-22-24)11-18(16)28-13-26-2/h4-11H,3,12-13H2,1-2H3. The van der Waals surface area contributed by atoms with Crippen molar-refractivity contribution in [2.24, 2.45) is 0 Å². The average molecular weight is 402 g/mol. The third-order valence-electron chi connectivity index (χ3n) is 3.91. The van der Waals surface area contributed by atoms with E-state index in [0.29, 0.717) is 23.2 Å². The molecular weight excluding hydrogens is 382 g/mol. The first-order chi connectivity index (χ1) is 13.6. The number of hydrogen-bond acceptors (Lipinski definition) is 6. The maximum atomic E-state index is 12.0. The van der Waals surface area contributed by atoms with Crippen LogP contribution in [0.5, 0.6) is 5.75 Å². The first kappa shape index (κ1) is 19.9. The molecule has 0 saturated carbocycles. The average Bonchev–Trinajstić information content (AvgIpc) is 3.21. The summed E-state index contributed by atoms with van der Waals surface area (Å²) in [4.78, 5) is 16.3. The Kier molecular flexibility index (Phi) is 6.62. The molecule has 0 amide bonds. The lowest BCUT2D eigenvalue weighted by molar-refractivity contribution is -0.142. The van der Waals surface area contributed by atoms with Crippen LogP contribution < -0.4 is 4.74 Å². The van der Waals surface area contributed by atoms with E-state index in [0.717, 1.165) is 16.8 Å². The van der Waals surface area contributed by atoms with E-state index < -0.39 is 0 Å². The number of nitrogens with zero attached hydrogens (tertiary/aromatic N) is 3. The summed E-state index contributed by atoms with van der Waals surface area (Å²) in [6.45, 7) is 2.13. The summed E-state index contributed by atoms with van der Waals surface area (Å²) in [6.07, 6.45) is 3.55. The van der Waals surface area contributed by atoms with Gasteiger partial charge in [0.2, 0.25) is 0 Å². The number of carbonyl (C=O) groups is 1. The number of aromatic nitrogens is 3. The Morgan fingerprint density at radius 2 is 2.04 bits per heavy atom. The fourth-order valence-electron chi connectivity index (χ4n) is 2.74. The molecule has 2 heterocycles. The molecule has 8 heteroatoms. The number of benzene rings is 1. The van der Waals surface area contributed by atoms with Gasteiger partial charge in [0, 0.05) is 36.7 Å². The van der Waals surface area contributed by atoms with Crippen molar-refractivity contribution in [1.82, 2.24) is 14.8 Å². The van der Waals surface area contributed by atoms with Crippen LogP contribution in [0, 0.1) is 0 Å². The van der Waals surface area contributed by atoms with Crippen LogP contribution >= 0.6 is 11.6 Å². The van der Waals surface area contributed by atoms with E-state index >= 15 is 0 Å². The van der Waals surface area contributed by atoms with Gasteiger partial charge in [-0.05, 0) is 37.3 Å². The summed E-state index contributed by atoms with van der Waals surface area (Å²) in [6, 6.07) is 11.0. The second-order valence-electron chi connectivity index (χ2n) is 5.79. The van der Waals surface area contributed by atoms with Crippen LogP contribution in [0.1, 0.15) is 12.6 Å². The highest BCUT2D eigenvalue weighted by Gasteiger charge is 2.17. The number of pyridine rings is 1. The number of carbonyl (C=O) groups excluding carboxylic acids is 1. The summed E-state index contributed by atoms with van der Waals surface area (Å²) in [5.41, 5.74) is 2.83. The van der Waals surface area contributed by atoms with Crippen molar-refractivity contribution in [2.75, 3.05) is 20.5 Å². The first-order valence-corrected chi connectivity index (χ1v) is 9.07. The van der Waals surface area contributed by atoms with Crippen LogP contribution in [-0.2, 0) is 20.7 Å². The smallest absolute Gasteiger partial charge is 0.311 e. The van der Waals surface area contributed by atoms with E-state index in [-0.39, 0.29) is 19.2 Å². The third-order valence-corrected chi connectivity index (χ3v) is 4.12. The van der Waals surface area contributed by atoms with Gasteiger partial charge >= 0.3 is 5.97 Å². The molecule has 1 aromatic carbocycles. The van der Waals surface area contributed by atoms with Gasteiger partial charge in [-0.3, -0.25) is 4.79 Å². The molecule has 28 heavy (non-hydrogen) atoms. The van der Waals surface area contributed by atoms with Gasteiger partial charge in [-0.25, -0.2) is 9.67 Å². The third kappa shape index (κ3) is 4.68. The van der Waals surface area contributed by atoms with E-state index in [9.17, 15) is 4.79 Å². The lowest BCUT2D eigenvalue weighted by atomic mass is 10.0. The van der Waals surface area contributed by atoms with Crippen molar-refractivity contribution in [2.45, 2.75) is 13.3 Å². The summed E-state index contributed by atoms with van der Waals surface area (Å²) in [7, 11) is 1.55. The molecule has 2 aromatic heterocycles. The Balaban J connectivity index is 2.05. The Morgan fingerprint density at radius 1 is 1.21 bits per heavy atom. The van der Waals surface area contributed by atoms with Crippen molar-refractivity contribution < 1.29 is 19.0 Å². The van der Waals surface area contributed by atoms with E-state index in [4.69, 9.17) is 25.8 Å². The molecule has 3 aromatic rings. The molecule has 0 aliphatic rings. The van der Waals surface area contributed by atoms with Gasteiger partial charge < -0.3 is 14.2 Å². The van der Waals surface area contributed by atoms with Gasteiger partial charge in [-0.15, -0.1) is 0 Å². The van der Waals surface area contributed by atoms with Crippen molar-refractivity contribution in [1.29, 1.82) is 0 Å². The quantitative estimate of drug-likeness (QED) is 0.325. The Morgan fingerprint density at radius 3 is 2.75 bits per heavy atom. The maximum absolute atomic E-state index is 12.0. The van der Waals surface area contributed by atoms with Crippen molar-refractivity contribution in [3.05, 3.63) is 59.6 Å². The predicted octanol–water partition coefficient (Wildman–Crippen LogP) is 3.68. The molecule has 0 fully saturated rings. The van der Waals surface area contributed by atoms with Crippen LogP contribution in [0.4, 0.5) is 0 Å². The molecule has 146 valence electrons. The zero-order chi connectivity index (χ0) is 19.9. The monoisotopic (exact) mass is 401 g/mol. The van der Waals surface area contributed by atoms with Crippen molar-refractivity contribution in [3.63, 3.8) is 0 Å². The highest BCUT2D eigenvalue weighted by Crippen LogP contribution is 2.34. The normalized spacial score (nSPS) is 10.7. The minimum atomic E-state index is -0.369. The molecular formula is C20H20ClN3O4. The Hall–Kier alpha value is -2.90. The van der Waals surface area contributed by atoms with Crippen LogP contribution in [0.3, 0.4) is 0 Å². The number of halogens is 1. The zero-order valence-electron chi connectivity index (χ0n) is 15.6. The molecule has 0 saturated heterocycles. The fourth-order valence-corrected chi connectivity index (χ4v) is 2.91. The number of ether oxygens (including phenoxy) is 3. The largest absolute Gasteiger partial charge is 0.467 e. The molecule has 7 nitrogen and oxygen atoms in total. The van der Waals surface area contributed by atoms with Crippen LogP contribution in [0.2, 0.25) is 5.15 Å². The Labute approximate surface area is 167 Å². The number of esters is 1. The first-order valence-electron chi connectivity index (χ1n) is 8.69. The van der Waals surface area contributed by atoms with E-state index in [1.54, 1.807) is 31.0 Å². The van der Waals surface area contributed by atoms with Crippen LogP contribution in [0.25, 0.3) is 16.8 Å². The van der Waals surface area contributed by atoms with Crippen LogP contribution in [0.15, 0.2) is 48.8 Å². The van der Waals surface area contributed by atoms with Gasteiger partial charge in [0.25, 0.3) is 0 Å². The van der Waals surface area contributed by atoms with Gasteiger partial charge in [0.05, 0.1) is 24.4 Å². The number of rotatable bonds is 8. The highest BCUT2D eigenvalue weighted by atomic mass is 35.5. The van der Waals surface area contributed by atoms with Gasteiger partial charge in [0.1, 0.15) is 10.9 Å². The van der Waals surface area contributed by atoms with Crippen LogP contribution in [-0.4, -0.2) is 41.2 Å². The molecule has 3 rings (SSSR count).